The van der Waals surface area contributed by atoms with Gasteiger partial charge >= 0.3 is 0 Å². The molecule has 0 aliphatic carbocycles. The van der Waals surface area contributed by atoms with Gasteiger partial charge in [-0.15, -0.1) is 5.69 Å². The Balaban J connectivity index is 0.00000128. The van der Waals surface area contributed by atoms with Crippen LogP contribution in [0.2, 0.25) is 0 Å². The van der Waals surface area contributed by atoms with Crippen molar-refractivity contribution in [1.82, 2.24) is 14.6 Å². The molecule has 0 N–H and O–H groups in total. The molecule has 16 heavy (non-hydrogen) atoms. The molecule has 1 radical (unpaired) electrons. The van der Waals surface area contributed by atoms with Gasteiger partial charge in [0.15, 0.2) is 0 Å². The molecule has 0 aliphatic heterocycles. The maximum absolute atomic E-state index is 4.45. The van der Waals surface area contributed by atoms with Crippen LogP contribution in [-0.4, -0.2) is 14.6 Å². The molecule has 0 fully saturated rings. The Hall–Kier alpha value is -0.718. The molecule has 0 aromatic carbocycles. The Kier molecular flexibility index (Phi) is 4.23. The molecule has 2 aromatic heterocycles. The van der Waals surface area contributed by atoms with E-state index in [-0.39, 0.29) is 20.4 Å². The number of nitrogens with zero attached hydrogens (tertiary/aromatic N) is 3. The fourth-order valence-electron chi connectivity index (χ4n) is 1.41. The second-order valence-corrected chi connectivity index (χ2v) is 4.48. The Labute approximate surface area is 110 Å². The van der Waals surface area contributed by atoms with Crippen molar-refractivity contribution in [1.29, 1.82) is 0 Å². The Bertz CT molecular complexity index is 468. The quantitative estimate of drug-likeness (QED) is 0.741. The third-order valence-corrected chi connectivity index (χ3v) is 2.49. The molecule has 2 rings (SSSR count). The van der Waals surface area contributed by atoms with Crippen LogP contribution in [0.5, 0.6) is 0 Å². The minimum atomic E-state index is 0. The molecule has 0 spiro atoms. The van der Waals surface area contributed by atoms with Gasteiger partial charge in [0.05, 0.1) is 0 Å². The van der Waals surface area contributed by atoms with Gasteiger partial charge in [-0.2, -0.15) is 0 Å². The molecule has 0 saturated heterocycles. The number of fused-ring (bicyclic) bond motifs is 1. The van der Waals surface area contributed by atoms with Crippen LogP contribution in [0, 0.1) is 6.07 Å². The van der Waals surface area contributed by atoms with Crippen molar-refractivity contribution in [2.24, 2.45) is 0 Å². The maximum Gasteiger partial charge on any atom is 0.0323 e. The fraction of sp³-hybridized carbons (Fsp3) is 0.500. The first-order chi connectivity index (χ1) is 7.08. The van der Waals surface area contributed by atoms with Gasteiger partial charge in [-0.3, -0.25) is 9.50 Å². The molecule has 87 valence electrons. The standard InChI is InChI=1S/C12H16N3.Re/c1-8(2)10-6-13-12-5-11(9(3)4)14-15(12)7-10;/h6-9H,1-4H3;/q-1;. The number of rotatable bonds is 2. The average molecular weight is 388 g/mol. The summed E-state index contributed by atoms with van der Waals surface area (Å²) in [7, 11) is 0. The van der Waals surface area contributed by atoms with Gasteiger partial charge in [0, 0.05) is 32.8 Å². The molecule has 0 amide bonds. The van der Waals surface area contributed by atoms with Crippen molar-refractivity contribution in [2.45, 2.75) is 39.5 Å². The van der Waals surface area contributed by atoms with Crippen LogP contribution in [0.1, 0.15) is 50.8 Å². The molecule has 4 heteroatoms. The average Bonchev–Trinajstić information content (AvgIpc) is 2.59. The summed E-state index contributed by atoms with van der Waals surface area (Å²) in [6, 6.07) is 3.20. The van der Waals surface area contributed by atoms with Gasteiger partial charge < -0.3 is 6.07 Å². The topological polar surface area (TPSA) is 30.2 Å². The molecule has 0 atom stereocenters. The van der Waals surface area contributed by atoms with Gasteiger partial charge in [-0.05, 0) is 23.0 Å². The van der Waals surface area contributed by atoms with Gasteiger partial charge in [-0.25, -0.2) is 5.10 Å². The summed E-state index contributed by atoms with van der Waals surface area (Å²) in [6.45, 7) is 8.53. The number of hydrogen-bond acceptors (Lipinski definition) is 2. The predicted octanol–water partition coefficient (Wildman–Crippen LogP) is 2.77. The molecular weight excluding hydrogens is 372 g/mol. The largest absolute Gasteiger partial charge is 0.400 e. The van der Waals surface area contributed by atoms with E-state index < -0.39 is 0 Å². The minimum Gasteiger partial charge on any atom is -0.400 e. The first-order valence-corrected chi connectivity index (χ1v) is 5.35. The summed E-state index contributed by atoms with van der Waals surface area (Å²) in [5.74, 6) is 0.878. The van der Waals surface area contributed by atoms with Crippen LogP contribution in [0.3, 0.4) is 0 Å². The van der Waals surface area contributed by atoms with Gasteiger partial charge in [0.1, 0.15) is 0 Å². The van der Waals surface area contributed by atoms with Crippen LogP contribution < -0.4 is 0 Å². The normalized spacial score (nSPS) is 11.1. The van der Waals surface area contributed by atoms with E-state index in [1.54, 1.807) is 0 Å². The van der Waals surface area contributed by atoms with E-state index in [0.29, 0.717) is 11.8 Å². The molecule has 0 bridgehead atoms. The Morgan fingerprint density at radius 1 is 1.19 bits per heavy atom. The van der Waals surface area contributed by atoms with E-state index in [9.17, 15) is 0 Å². The summed E-state index contributed by atoms with van der Waals surface area (Å²) >= 11 is 0. The molecule has 2 aromatic rings. The van der Waals surface area contributed by atoms with E-state index >= 15 is 0 Å². The third kappa shape index (κ3) is 2.50. The molecule has 3 nitrogen and oxygen atoms in total. The second kappa shape index (κ2) is 5.07. The molecular formula is C12H16N3Re-. The van der Waals surface area contributed by atoms with Gasteiger partial charge in [0.2, 0.25) is 0 Å². The zero-order valence-corrected chi connectivity index (χ0v) is 12.7. The van der Waals surface area contributed by atoms with E-state index in [0.717, 1.165) is 11.3 Å². The summed E-state index contributed by atoms with van der Waals surface area (Å²) in [4.78, 5) is 4.35. The SMILES string of the molecule is CC(C)c1cnc2[c-]c(C(C)C)nn2c1.[Re]. The second-order valence-electron chi connectivity index (χ2n) is 4.48. The minimum absolute atomic E-state index is 0. The zero-order valence-electron chi connectivity index (χ0n) is 10.0. The van der Waals surface area contributed by atoms with Crippen molar-refractivity contribution in [3.8, 4) is 0 Å². The van der Waals surface area contributed by atoms with Crippen LogP contribution in [0.15, 0.2) is 12.4 Å². The molecule has 0 unspecified atom stereocenters. The summed E-state index contributed by atoms with van der Waals surface area (Å²) < 4.78 is 1.82. The van der Waals surface area contributed by atoms with E-state index in [2.05, 4.69) is 43.8 Å². The van der Waals surface area contributed by atoms with Crippen molar-refractivity contribution in [2.75, 3.05) is 0 Å². The van der Waals surface area contributed by atoms with Crippen LogP contribution in [-0.2, 0) is 20.4 Å². The Morgan fingerprint density at radius 2 is 1.88 bits per heavy atom. The monoisotopic (exact) mass is 389 g/mol. The Morgan fingerprint density at radius 3 is 2.44 bits per heavy atom. The first kappa shape index (κ1) is 13.3. The molecule has 2 heterocycles. The summed E-state index contributed by atoms with van der Waals surface area (Å²) in [6.07, 6.45) is 3.94. The predicted molar refractivity (Wildman–Crippen MR) is 60.0 cm³/mol. The van der Waals surface area contributed by atoms with Gasteiger partial charge in [0.25, 0.3) is 0 Å². The van der Waals surface area contributed by atoms with Crippen molar-refractivity contribution >= 4 is 5.65 Å². The summed E-state index contributed by atoms with van der Waals surface area (Å²) in [5, 5.41) is 4.45. The first-order valence-electron chi connectivity index (χ1n) is 5.35. The van der Waals surface area contributed by atoms with Crippen LogP contribution >= 0.6 is 0 Å². The van der Waals surface area contributed by atoms with Crippen molar-refractivity contribution in [3.63, 3.8) is 0 Å². The molecule has 0 aliphatic rings. The van der Waals surface area contributed by atoms with Crippen molar-refractivity contribution in [3.05, 3.63) is 29.7 Å². The molecule has 0 saturated carbocycles. The fourth-order valence-corrected chi connectivity index (χ4v) is 1.41. The smallest absolute Gasteiger partial charge is 0.0323 e. The third-order valence-electron chi connectivity index (χ3n) is 2.49. The van der Waals surface area contributed by atoms with Crippen LogP contribution in [0.4, 0.5) is 0 Å². The van der Waals surface area contributed by atoms with Crippen molar-refractivity contribution < 1.29 is 20.4 Å². The zero-order chi connectivity index (χ0) is 11.0. The maximum atomic E-state index is 4.45. The summed E-state index contributed by atoms with van der Waals surface area (Å²) in [5.41, 5.74) is 2.99. The van der Waals surface area contributed by atoms with E-state index in [1.807, 2.05) is 16.9 Å². The van der Waals surface area contributed by atoms with E-state index in [4.69, 9.17) is 0 Å². The number of aromatic nitrogens is 3. The van der Waals surface area contributed by atoms with Crippen LogP contribution in [0.25, 0.3) is 5.65 Å². The van der Waals surface area contributed by atoms with E-state index in [1.165, 1.54) is 5.56 Å². The number of hydrogen-bond donors (Lipinski definition) is 0. The van der Waals surface area contributed by atoms with Gasteiger partial charge in [-0.1, -0.05) is 27.7 Å².